The molecule has 1 aliphatic carbocycles. The lowest BCUT2D eigenvalue weighted by Gasteiger charge is -2.26. The first-order chi connectivity index (χ1) is 13.7. The largest absolute Gasteiger partial charge is 0.409 e. The van der Waals surface area contributed by atoms with E-state index < -0.39 is 23.4 Å². The second-order valence-electron chi connectivity index (χ2n) is 7.56. The van der Waals surface area contributed by atoms with Gasteiger partial charge in [-0.3, -0.25) is 0 Å². The van der Waals surface area contributed by atoms with E-state index in [0.29, 0.717) is 17.6 Å². The van der Waals surface area contributed by atoms with Crippen LogP contribution in [-0.4, -0.2) is 6.18 Å². The van der Waals surface area contributed by atoms with Crippen LogP contribution >= 0.6 is 0 Å². The summed E-state index contributed by atoms with van der Waals surface area (Å²) in [6, 6.07) is 9.71. The molecule has 0 amide bonds. The Labute approximate surface area is 167 Å². The van der Waals surface area contributed by atoms with Crippen molar-refractivity contribution < 1.29 is 22.0 Å². The van der Waals surface area contributed by atoms with Crippen LogP contribution in [0.2, 0.25) is 0 Å². The van der Waals surface area contributed by atoms with Gasteiger partial charge in [-0.25, -0.2) is 8.78 Å². The quantitative estimate of drug-likeness (QED) is 0.366. The molecule has 1 saturated carbocycles. The van der Waals surface area contributed by atoms with E-state index in [1.807, 2.05) is 24.3 Å². The Bertz CT molecular complexity index is 911. The van der Waals surface area contributed by atoms with Gasteiger partial charge in [0.1, 0.15) is 11.6 Å². The molecule has 2 aromatic carbocycles. The van der Waals surface area contributed by atoms with Crippen molar-refractivity contribution in [3.05, 3.63) is 76.4 Å². The highest BCUT2D eigenvalue weighted by atomic mass is 19.4. The van der Waals surface area contributed by atoms with Gasteiger partial charge in [0.2, 0.25) is 0 Å². The minimum atomic E-state index is -4.64. The molecule has 0 saturated heterocycles. The van der Waals surface area contributed by atoms with Gasteiger partial charge in [-0.15, -0.1) is 0 Å². The molecule has 0 aliphatic heterocycles. The highest BCUT2D eigenvalue weighted by molar-refractivity contribution is 5.54. The summed E-state index contributed by atoms with van der Waals surface area (Å²) < 4.78 is 64.6. The normalized spacial score (nSPS) is 19.8. The summed E-state index contributed by atoms with van der Waals surface area (Å²) in [5.74, 6) is 4.69. The number of hydrogen-bond acceptors (Lipinski definition) is 0. The van der Waals surface area contributed by atoms with Gasteiger partial charge in [-0.1, -0.05) is 43.7 Å². The lowest BCUT2D eigenvalue weighted by atomic mass is 9.79. The Kier molecular flexibility index (Phi) is 6.42. The van der Waals surface area contributed by atoms with Gasteiger partial charge in [-0.2, -0.15) is 13.2 Å². The van der Waals surface area contributed by atoms with Gasteiger partial charge in [-0.05, 0) is 60.6 Å². The molecule has 3 rings (SSSR count). The van der Waals surface area contributed by atoms with Crippen LogP contribution in [0.25, 0.3) is 6.08 Å². The summed E-state index contributed by atoms with van der Waals surface area (Å²) in [6.45, 7) is 2.28. The van der Waals surface area contributed by atoms with Crippen molar-refractivity contribution in [1.82, 2.24) is 0 Å². The summed E-state index contributed by atoms with van der Waals surface area (Å²) in [4.78, 5) is 0. The Hall–Kier alpha value is -2.61. The molecule has 0 aromatic heterocycles. The molecular formula is C24H21F5. The van der Waals surface area contributed by atoms with Crippen LogP contribution in [-0.2, 0) is 0 Å². The van der Waals surface area contributed by atoms with E-state index in [4.69, 9.17) is 0 Å². The first-order valence-corrected chi connectivity index (χ1v) is 9.58. The summed E-state index contributed by atoms with van der Waals surface area (Å²) in [7, 11) is 0. The van der Waals surface area contributed by atoms with Gasteiger partial charge in [0.15, 0.2) is 0 Å². The average molecular weight is 404 g/mol. The maximum Gasteiger partial charge on any atom is 0.409 e. The molecule has 0 unspecified atom stereocenters. The van der Waals surface area contributed by atoms with Crippen LogP contribution in [0.15, 0.2) is 42.5 Å². The third-order valence-corrected chi connectivity index (χ3v) is 5.27. The topological polar surface area (TPSA) is 0 Å². The number of rotatable bonds is 2. The molecule has 152 valence electrons. The van der Waals surface area contributed by atoms with Crippen molar-refractivity contribution in [3.63, 3.8) is 0 Å². The summed E-state index contributed by atoms with van der Waals surface area (Å²) in [5.41, 5.74) is 1.31. The van der Waals surface area contributed by atoms with E-state index in [1.54, 1.807) is 0 Å². The molecule has 5 heteroatoms. The highest BCUT2D eigenvalue weighted by Gasteiger charge is 2.23. The van der Waals surface area contributed by atoms with Gasteiger partial charge >= 0.3 is 6.18 Å². The van der Waals surface area contributed by atoms with E-state index in [-0.39, 0.29) is 11.6 Å². The van der Waals surface area contributed by atoms with Crippen molar-refractivity contribution in [1.29, 1.82) is 0 Å². The first-order valence-electron chi connectivity index (χ1n) is 9.58. The molecule has 29 heavy (non-hydrogen) atoms. The van der Waals surface area contributed by atoms with Crippen LogP contribution in [0.3, 0.4) is 0 Å². The molecule has 0 nitrogen and oxygen atoms in total. The molecule has 2 aromatic rings. The zero-order valence-corrected chi connectivity index (χ0v) is 16.0. The van der Waals surface area contributed by atoms with E-state index >= 15 is 0 Å². The Morgan fingerprint density at radius 2 is 1.41 bits per heavy atom. The smallest absolute Gasteiger partial charge is 0.206 e. The second-order valence-corrected chi connectivity index (χ2v) is 7.56. The third kappa shape index (κ3) is 5.93. The van der Waals surface area contributed by atoms with Crippen molar-refractivity contribution in [2.75, 3.05) is 0 Å². The lowest BCUT2D eigenvalue weighted by molar-refractivity contribution is -0.0790. The van der Waals surface area contributed by atoms with Crippen LogP contribution in [0, 0.1) is 29.4 Å². The van der Waals surface area contributed by atoms with Crippen LogP contribution in [0.5, 0.6) is 0 Å². The Balaban J connectivity index is 1.73. The van der Waals surface area contributed by atoms with Crippen LogP contribution in [0.4, 0.5) is 22.0 Å². The fraction of sp³-hybridized carbons (Fsp3) is 0.333. The Morgan fingerprint density at radius 1 is 0.862 bits per heavy atom. The maximum atomic E-state index is 14.0. The van der Waals surface area contributed by atoms with Crippen molar-refractivity contribution in [3.8, 4) is 11.8 Å². The number of alkyl halides is 3. The van der Waals surface area contributed by atoms with Crippen LogP contribution < -0.4 is 0 Å². The molecule has 0 N–H and O–H groups in total. The molecular weight excluding hydrogens is 383 g/mol. The molecule has 1 fully saturated rings. The molecule has 0 spiro atoms. The summed E-state index contributed by atoms with van der Waals surface area (Å²) in [6.07, 6.45) is 0.370. The van der Waals surface area contributed by atoms with Gasteiger partial charge in [0, 0.05) is 22.8 Å². The van der Waals surface area contributed by atoms with E-state index in [9.17, 15) is 22.0 Å². The predicted octanol–water partition coefficient (Wildman–Crippen LogP) is 7.23. The standard InChI is InChI=1S/C24H21F5/c1-16-2-8-19(9-3-16)20-10-6-17(7-11-20)4-5-18-14-22(25)21(23(26)15-18)12-13-24(27,28)29/h6-7,10-16,19H,2-3,8-9H2,1H3/b13-12+. The van der Waals surface area contributed by atoms with Gasteiger partial charge < -0.3 is 0 Å². The van der Waals surface area contributed by atoms with Crippen LogP contribution in [0.1, 0.15) is 60.8 Å². The molecule has 0 bridgehead atoms. The highest BCUT2D eigenvalue weighted by Crippen LogP contribution is 2.35. The van der Waals surface area contributed by atoms with E-state index in [2.05, 4.69) is 18.8 Å². The summed E-state index contributed by atoms with van der Waals surface area (Å²) >= 11 is 0. The lowest BCUT2D eigenvalue weighted by Crippen LogP contribution is -2.10. The number of hydrogen-bond donors (Lipinski definition) is 0. The minimum absolute atomic E-state index is 0.0644. The number of allylic oxidation sites excluding steroid dienone is 1. The number of halogens is 5. The second kappa shape index (κ2) is 8.82. The third-order valence-electron chi connectivity index (χ3n) is 5.27. The summed E-state index contributed by atoms with van der Waals surface area (Å²) in [5, 5.41) is 0. The SMILES string of the molecule is CC1CCC(c2ccc(C#Cc3cc(F)c(/C=C/C(F)(F)F)c(F)c3)cc2)CC1. The molecule has 0 atom stereocenters. The van der Waals surface area contributed by atoms with E-state index in [1.165, 1.54) is 31.2 Å². The fourth-order valence-electron chi connectivity index (χ4n) is 3.57. The van der Waals surface area contributed by atoms with Crippen molar-refractivity contribution >= 4 is 6.08 Å². The van der Waals surface area contributed by atoms with Crippen molar-refractivity contribution in [2.24, 2.45) is 5.92 Å². The van der Waals surface area contributed by atoms with Gasteiger partial charge in [0.05, 0.1) is 0 Å². The minimum Gasteiger partial charge on any atom is -0.206 e. The van der Waals surface area contributed by atoms with Gasteiger partial charge in [0.25, 0.3) is 0 Å². The molecule has 0 radical (unpaired) electrons. The average Bonchev–Trinajstić information content (AvgIpc) is 2.66. The Morgan fingerprint density at radius 3 is 1.97 bits per heavy atom. The zero-order chi connectivity index (χ0) is 21.0. The van der Waals surface area contributed by atoms with E-state index in [0.717, 1.165) is 18.1 Å². The zero-order valence-electron chi connectivity index (χ0n) is 16.0. The van der Waals surface area contributed by atoms with Crippen molar-refractivity contribution in [2.45, 2.75) is 44.7 Å². The number of benzene rings is 2. The molecule has 0 heterocycles. The predicted molar refractivity (Wildman–Crippen MR) is 104 cm³/mol. The monoisotopic (exact) mass is 404 g/mol. The first kappa shape index (κ1) is 21.1. The maximum absolute atomic E-state index is 14.0. The molecule has 1 aliphatic rings. The fourth-order valence-corrected chi connectivity index (χ4v) is 3.57.